The molecular weight excluding hydrogens is 220 g/mol. The van der Waals surface area contributed by atoms with E-state index in [9.17, 15) is 0 Å². The average Bonchev–Trinajstić information content (AvgIpc) is 2.37. The van der Waals surface area contributed by atoms with Gasteiger partial charge in [0.25, 0.3) is 0 Å². The third-order valence-corrected chi connectivity index (χ3v) is 4.19. The van der Waals surface area contributed by atoms with Crippen LogP contribution in [0.5, 0.6) is 0 Å². The van der Waals surface area contributed by atoms with E-state index < -0.39 is 0 Å². The number of rotatable bonds is 7. The van der Waals surface area contributed by atoms with Gasteiger partial charge >= 0.3 is 0 Å². The molecule has 0 aromatic heterocycles. The first kappa shape index (κ1) is 13.6. The van der Waals surface area contributed by atoms with Crippen LogP contribution in [0.4, 0.5) is 0 Å². The first-order valence-electron chi connectivity index (χ1n) is 7.34. The highest BCUT2D eigenvalue weighted by Crippen LogP contribution is 2.31. The Balaban J connectivity index is 2.06. The lowest BCUT2D eigenvalue weighted by Crippen LogP contribution is -2.36. The predicted molar refractivity (Wildman–Crippen MR) is 77.4 cm³/mol. The van der Waals surface area contributed by atoms with Crippen LogP contribution in [-0.4, -0.2) is 24.5 Å². The van der Waals surface area contributed by atoms with Gasteiger partial charge in [-0.05, 0) is 43.8 Å². The van der Waals surface area contributed by atoms with Gasteiger partial charge in [0.1, 0.15) is 0 Å². The highest BCUT2D eigenvalue weighted by atomic mass is 15.2. The second kappa shape index (κ2) is 6.91. The van der Waals surface area contributed by atoms with Crippen molar-refractivity contribution in [2.75, 3.05) is 19.6 Å². The van der Waals surface area contributed by atoms with Gasteiger partial charge in [-0.3, -0.25) is 4.90 Å². The van der Waals surface area contributed by atoms with Crippen molar-refractivity contribution < 1.29 is 0 Å². The van der Waals surface area contributed by atoms with Crippen molar-refractivity contribution in [3.05, 3.63) is 35.9 Å². The second-order valence-corrected chi connectivity index (χ2v) is 5.39. The predicted octanol–water partition coefficient (Wildman–Crippen LogP) is 3.20. The highest BCUT2D eigenvalue weighted by molar-refractivity contribution is 5.19. The van der Waals surface area contributed by atoms with Crippen molar-refractivity contribution in [1.29, 1.82) is 0 Å². The first-order chi connectivity index (χ1) is 8.85. The Morgan fingerprint density at radius 2 is 2.00 bits per heavy atom. The zero-order chi connectivity index (χ0) is 12.8. The normalized spacial score (nSPS) is 17.7. The Morgan fingerprint density at radius 3 is 2.50 bits per heavy atom. The van der Waals surface area contributed by atoms with E-state index in [1.54, 1.807) is 0 Å². The van der Waals surface area contributed by atoms with Crippen LogP contribution in [0.15, 0.2) is 30.3 Å². The van der Waals surface area contributed by atoms with Crippen LogP contribution in [-0.2, 0) is 0 Å². The van der Waals surface area contributed by atoms with Gasteiger partial charge in [0, 0.05) is 12.6 Å². The van der Waals surface area contributed by atoms with Crippen molar-refractivity contribution in [2.24, 2.45) is 11.7 Å². The van der Waals surface area contributed by atoms with Crippen LogP contribution < -0.4 is 5.73 Å². The highest BCUT2D eigenvalue weighted by Gasteiger charge is 2.24. The molecule has 0 heterocycles. The summed E-state index contributed by atoms with van der Waals surface area (Å²) in [4.78, 5) is 2.62. The lowest BCUT2D eigenvalue weighted by molar-refractivity contribution is 0.134. The molecule has 0 saturated heterocycles. The zero-order valence-corrected chi connectivity index (χ0v) is 11.5. The molecule has 1 aromatic carbocycles. The molecule has 18 heavy (non-hydrogen) atoms. The van der Waals surface area contributed by atoms with Gasteiger partial charge in [0.05, 0.1) is 0 Å². The van der Waals surface area contributed by atoms with E-state index in [4.69, 9.17) is 5.73 Å². The molecule has 2 nitrogen and oxygen atoms in total. The lowest BCUT2D eigenvalue weighted by Gasteiger charge is -2.37. The number of nitrogens with zero attached hydrogens (tertiary/aromatic N) is 1. The van der Waals surface area contributed by atoms with E-state index in [1.165, 1.54) is 31.4 Å². The molecule has 0 spiro atoms. The molecule has 2 heteroatoms. The van der Waals surface area contributed by atoms with Crippen LogP contribution >= 0.6 is 0 Å². The summed E-state index contributed by atoms with van der Waals surface area (Å²) < 4.78 is 0. The van der Waals surface area contributed by atoms with Crippen LogP contribution in [0.2, 0.25) is 0 Å². The minimum absolute atomic E-state index is 0.502. The summed E-state index contributed by atoms with van der Waals surface area (Å²) >= 11 is 0. The fraction of sp³-hybridized carbons (Fsp3) is 0.625. The van der Waals surface area contributed by atoms with Crippen molar-refractivity contribution in [3.63, 3.8) is 0 Å². The Kier molecular flexibility index (Phi) is 5.21. The molecule has 1 aliphatic carbocycles. The van der Waals surface area contributed by atoms with E-state index in [1.807, 2.05) is 0 Å². The van der Waals surface area contributed by atoms with Crippen LogP contribution in [0.1, 0.15) is 44.2 Å². The van der Waals surface area contributed by atoms with Crippen LogP contribution in [0.3, 0.4) is 0 Å². The largest absolute Gasteiger partial charge is 0.330 e. The minimum atomic E-state index is 0.502. The Bertz CT molecular complexity index is 332. The Hall–Kier alpha value is -0.860. The van der Waals surface area contributed by atoms with Gasteiger partial charge < -0.3 is 5.73 Å². The average molecular weight is 246 g/mol. The van der Waals surface area contributed by atoms with Gasteiger partial charge in [0.15, 0.2) is 0 Å². The van der Waals surface area contributed by atoms with Crippen molar-refractivity contribution in [2.45, 2.75) is 38.6 Å². The number of hydrogen-bond acceptors (Lipinski definition) is 2. The Labute approximate surface area is 111 Å². The summed E-state index contributed by atoms with van der Waals surface area (Å²) in [5.74, 6) is 0.925. The monoisotopic (exact) mass is 246 g/mol. The smallest absolute Gasteiger partial charge is 0.0360 e. The molecule has 1 saturated carbocycles. The maximum atomic E-state index is 5.81. The molecular formula is C16H26N2. The number of nitrogens with two attached hydrogens (primary N) is 1. The van der Waals surface area contributed by atoms with Gasteiger partial charge in [-0.2, -0.15) is 0 Å². The molecule has 1 fully saturated rings. The molecule has 0 bridgehead atoms. The maximum Gasteiger partial charge on any atom is 0.0360 e. The number of hydrogen-bond donors (Lipinski definition) is 1. The fourth-order valence-corrected chi connectivity index (χ4v) is 2.88. The van der Waals surface area contributed by atoms with E-state index in [-0.39, 0.29) is 0 Å². The molecule has 1 atom stereocenters. The SMILES string of the molecule is CCN(CC1CCC1)C(CCN)c1ccccc1. The zero-order valence-electron chi connectivity index (χ0n) is 11.5. The topological polar surface area (TPSA) is 29.3 Å². The maximum absolute atomic E-state index is 5.81. The van der Waals surface area contributed by atoms with Crippen molar-refractivity contribution in [1.82, 2.24) is 4.90 Å². The molecule has 2 rings (SSSR count). The van der Waals surface area contributed by atoms with Gasteiger partial charge in [0.2, 0.25) is 0 Å². The molecule has 1 aliphatic rings. The first-order valence-corrected chi connectivity index (χ1v) is 7.34. The molecule has 2 N–H and O–H groups in total. The molecule has 1 aromatic rings. The van der Waals surface area contributed by atoms with E-state index in [0.717, 1.165) is 25.4 Å². The van der Waals surface area contributed by atoms with Gasteiger partial charge in [-0.1, -0.05) is 43.7 Å². The molecule has 0 amide bonds. The minimum Gasteiger partial charge on any atom is -0.330 e. The second-order valence-electron chi connectivity index (χ2n) is 5.39. The number of benzene rings is 1. The van der Waals surface area contributed by atoms with Crippen molar-refractivity contribution >= 4 is 0 Å². The summed E-state index contributed by atoms with van der Waals surface area (Å²) in [7, 11) is 0. The summed E-state index contributed by atoms with van der Waals surface area (Å²) in [6, 6.07) is 11.3. The van der Waals surface area contributed by atoms with Crippen LogP contribution in [0, 0.1) is 5.92 Å². The third-order valence-electron chi connectivity index (χ3n) is 4.19. The molecule has 100 valence electrons. The third kappa shape index (κ3) is 3.33. The fourth-order valence-electron chi connectivity index (χ4n) is 2.88. The molecule has 0 radical (unpaired) electrons. The van der Waals surface area contributed by atoms with E-state index in [2.05, 4.69) is 42.2 Å². The summed E-state index contributed by atoms with van der Waals surface area (Å²) in [5, 5.41) is 0. The van der Waals surface area contributed by atoms with Crippen LogP contribution in [0.25, 0.3) is 0 Å². The lowest BCUT2D eigenvalue weighted by atomic mass is 9.84. The summed E-state index contributed by atoms with van der Waals surface area (Å²) in [6.45, 7) is 5.40. The quantitative estimate of drug-likeness (QED) is 0.800. The van der Waals surface area contributed by atoms with Crippen molar-refractivity contribution in [3.8, 4) is 0 Å². The Morgan fingerprint density at radius 1 is 1.28 bits per heavy atom. The summed E-state index contributed by atoms with van der Waals surface area (Å²) in [5.41, 5.74) is 7.23. The van der Waals surface area contributed by atoms with E-state index in [0.29, 0.717) is 6.04 Å². The van der Waals surface area contributed by atoms with E-state index >= 15 is 0 Å². The van der Waals surface area contributed by atoms with Gasteiger partial charge in [-0.15, -0.1) is 0 Å². The standard InChI is InChI=1S/C16H26N2/c1-2-18(13-14-7-6-8-14)16(11-12-17)15-9-4-3-5-10-15/h3-5,9-10,14,16H,2,6-8,11-13,17H2,1H3. The molecule has 1 unspecified atom stereocenters. The molecule has 0 aliphatic heterocycles. The van der Waals surface area contributed by atoms with Gasteiger partial charge in [-0.25, -0.2) is 0 Å². The summed E-state index contributed by atoms with van der Waals surface area (Å²) in [6.07, 6.45) is 5.32.